The molecule has 1 fully saturated rings. The Labute approximate surface area is 89.5 Å². The van der Waals surface area contributed by atoms with Crippen molar-refractivity contribution in [3.05, 3.63) is 12.2 Å². The van der Waals surface area contributed by atoms with Crippen molar-refractivity contribution in [1.29, 1.82) is 0 Å². The van der Waals surface area contributed by atoms with Gasteiger partial charge in [-0.2, -0.15) is 0 Å². The molecule has 0 aliphatic carbocycles. The van der Waals surface area contributed by atoms with E-state index in [1.165, 1.54) is 11.4 Å². The maximum Gasteiger partial charge on any atom is 0.389 e. The second kappa shape index (κ2) is 4.84. The minimum absolute atomic E-state index is 0.0188. The number of rotatable bonds is 3. The van der Waals surface area contributed by atoms with Crippen LogP contribution in [0.3, 0.4) is 0 Å². The molecule has 1 aliphatic heterocycles. The molecule has 0 aromatic rings. The van der Waals surface area contributed by atoms with E-state index in [4.69, 9.17) is 9.05 Å². The fraction of sp³-hybridized carbons (Fsp3) is 0.778. The molecule has 0 saturated carbocycles. The van der Waals surface area contributed by atoms with E-state index in [0.717, 1.165) is 0 Å². The topological polar surface area (TPSA) is 35.5 Å². The van der Waals surface area contributed by atoms with Crippen LogP contribution < -0.4 is 0 Å². The molecule has 1 rings (SSSR count). The molecular weight excluding hydrogens is 219 g/mol. The van der Waals surface area contributed by atoms with Gasteiger partial charge in [-0.15, -0.1) is 0 Å². The standard InChI is InChI=1S/C9H17O3PS/c1-4-5-6-14-13(10)11-7-9(2,3)8-12-13/h4-5H,6-8H2,1-3H3. The van der Waals surface area contributed by atoms with Crippen molar-refractivity contribution in [3.8, 4) is 0 Å². The summed E-state index contributed by atoms with van der Waals surface area (Å²) in [5, 5.41) is 0. The highest BCUT2D eigenvalue weighted by Crippen LogP contribution is 2.63. The van der Waals surface area contributed by atoms with Crippen LogP contribution in [-0.4, -0.2) is 19.0 Å². The van der Waals surface area contributed by atoms with E-state index in [2.05, 4.69) is 0 Å². The summed E-state index contributed by atoms with van der Waals surface area (Å²) < 4.78 is 22.5. The molecule has 0 aromatic carbocycles. The molecule has 3 nitrogen and oxygen atoms in total. The Balaban J connectivity index is 2.42. The smallest absolute Gasteiger partial charge is 0.300 e. The molecule has 5 heteroatoms. The third-order valence-electron chi connectivity index (χ3n) is 1.79. The Hall–Kier alpha value is 0.240. The Morgan fingerprint density at radius 1 is 1.43 bits per heavy atom. The Morgan fingerprint density at radius 3 is 2.50 bits per heavy atom. The predicted octanol–water partition coefficient (Wildman–Crippen LogP) is 3.48. The SMILES string of the molecule is CC=CCSP1(=O)OCC(C)(C)CO1. The van der Waals surface area contributed by atoms with Crippen LogP contribution in [0.25, 0.3) is 0 Å². The van der Waals surface area contributed by atoms with Gasteiger partial charge in [0.15, 0.2) is 0 Å². The zero-order valence-corrected chi connectivity index (χ0v) is 10.6. The third kappa shape index (κ3) is 3.77. The lowest BCUT2D eigenvalue weighted by molar-refractivity contribution is 0.0501. The Kier molecular flexibility index (Phi) is 4.26. The van der Waals surface area contributed by atoms with Crippen LogP contribution in [0.5, 0.6) is 0 Å². The van der Waals surface area contributed by atoms with E-state index in [1.54, 1.807) is 0 Å². The number of hydrogen-bond acceptors (Lipinski definition) is 4. The molecule has 82 valence electrons. The molecule has 0 atom stereocenters. The highest BCUT2D eigenvalue weighted by Gasteiger charge is 2.36. The quantitative estimate of drug-likeness (QED) is 0.555. The van der Waals surface area contributed by atoms with Gasteiger partial charge in [-0.05, 0) is 18.3 Å². The highest BCUT2D eigenvalue weighted by atomic mass is 32.7. The molecular formula is C9H17O3PS. The van der Waals surface area contributed by atoms with Crippen LogP contribution in [0, 0.1) is 5.41 Å². The van der Waals surface area contributed by atoms with Gasteiger partial charge in [0.05, 0.1) is 13.2 Å². The minimum atomic E-state index is -2.86. The summed E-state index contributed by atoms with van der Waals surface area (Å²) in [5.41, 5.74) is -0.0188. The van der Waals surface area contributed by atoms with Gasteiger partial charge in [0.2, 0.25) is 0 Å². The summed E-state index contributed by atoms with van der Waals surface area (Å²) >= 11 is 1.25. The summed E-state index contributed by atoms with van der Waals surface area (Å²) in [6.07, 6.45) is 3.86. The molecule has 1 saturated heterocycles. The van der Waals surface area contributed by atoms with Crippen molar-refractivity contribution in [3.63, 3.8) is 0 Å². The molecule has 0 N–H and O–H groups in total. The first-order valence-electron chi connectivity index (χ1n) is 4.62. The first-order chi connectivity index (χ1) is 6.47. The summed E-state index contributed by atoms with van der Waals surface area (Å²) in [7, 11) is 0. The van der Waals surface area contributed by atoms with Crippen LogP contribution >= 0.6 is 18.2 Å². The van der Waals surface area contributed by atoms with Crippen LogP contribution in [-0.2, 0) is 13.6 Å². The minimum Gasteiger partial charge on any atom is -0.300 e. The second-order valence-corrected chi connectivity index (χ2v) is 8.14. The molecule has 0 unspecified atom stereocenters. The lowest BCUT2D eigenvalue weighted by Gasteiger charge is -2.33. The average molecular weight is 236 g/mol. The average Bonchev–Trinajstić information content (AvgIpc) is 2.12. The fourth-order valence-electron chi connectivity index (χ4n) is 0.892. The maximum absolute atomic E-state index is 11.9. The van der Waals surface area contributed by atoms with Crippen molar-refractivity contribution < 1.29 is 13.6 Å². The van der Waals surface area contributed by atoms with E-state index in [1.807, 2.05) is 32.9 Å². The summed E-state index contributed by atoms with van der Waals surface area (Å²) in [4.78, 5) is 0. The summed E-state index contributed by atoms with van der Waals surface area (Å²) in [6, 6.07) is 0. The van der Waals surface area contributed by atoms with Gasteiger partial charge in [-0.25, -0.2) is 4.57 Å². The summed E-state index contributed by atoms with van der Waals surface area (Å²) in [5.74, 6) is 0.675. The van der Waals surface area contributed by atoms with Crippen molar-refractivity contribution >= 4 is 18.2 Å². The first-order valence-corrected chi connectivity index (χ1v) is 7.76. The predicted molar refractivity (Wildman–Crippen MR) is 60.6 cm³/mol. The second-order valence-electron chi connectivity index (χ2n) is 4.02. The normalized spacial score (nSPS) is 25.4. The highest BCUT2D eigenvalue weighted by molar-refractivity contribution is 8.55. The van der Waals surface area contributed by atoms with Crippen molar-refractivity contribution in [2.75, 3.05) is 19.0 Å². The fourth-order valence-corrected chi connectivity index (χ4v) is 4.16. The van der Waals surface area contributed by atoms with Crippen molar-refractivity contribution in [1.82, 2.24) is 0 Å². The van der Waals surface area contributed by atoms with Crippen LogP contribution in [0.1, 0.15) is 20.8 Å². The lowest BCUT2D eigenvalue weighted by atomic mass is 9.97. The van der Waals surface area contributed by atoms with Crippen LogP contribution in [0.2, 0.25) is 0 Å². The molecule has 0 radical (unpaired) electrons. The molecule has 0 amide bonds. The van der Waals surface area contributed by atoms with Crippen LogP contribution in [0.4, 0.5) is 0 Å². The largest absolute Gasteiger partial charge is 0.389 e. The Bertz CT molecular complexity index is 249. The summed E-state index contributed by atoms with van der Waals surface area (Å²) in [6.45, 7) is 4.16. The van der Waals surface area contributed by atoms with Gasteiger partial charge in [0.25, 0.3) is 0 Å². The molecule has 0 spiro atoms. The van der Waals surface area contributed by atoms with E-state index < -0.39 is 6.80 Å². The third-order valence-corrected chi connectivity index (χ3v) is 5.37. The maximum atomic E-state index is 11.9. The van der Waals surface area contributed by atoms with E-state index in [0.29, 0.717) is 19.0 Å². The van der Waals surface area contributed by atoms with E-state index in [-0.39, 0.29) is 5.41 Å². The molecule has 1 heterocycles. The monoisotopic (exact) mass is 236 g/mol. The van der Waals surface area contributed by atoms with Gasteiger partial charge in [0, 0.05) is 11.2 Å². The zero-order chi connectivity index (χ0) is 10.7. The van der Waals surface area contributed by atoms with E-state index >= 15 is 0 Å². The molecule has 1 aliphatic rings. The lowest BCUT2D eigenvalue weighted by Crippen LogP contribution is -2.28. The zero-order valence-electron chi connectivity index (χ0n) is 8.86. The number of allylic oxidation sites excluding steroid dienone is 1. The van der Waals surface area contributed by atoms with Crippen molar-refractivity contribution in [2.45, 2.75) is 20.8 Å². The van der Waals surface area contributed by atoms with Crippen LogP contribution in [0.15, 0.2) is 12.2 Å². The molecule has 14 heavy (non-hydrogen) atoms. The van der Waals surface area contributed by atoms with E-state index in [9.17, 15) is 4.57 Å². The van der Waals surface area contributed by atoms with Crippen molar-refractivity contribution in [2.24, 2.45) is 5.41 Å². The van der Waals surface area contributed by atoms with Gasteiger partial charge in [-0.1, -0.05) is 26.0 Å². The molecule has 0 aromatic heterocycles. The van der Waals surface area contributed by atoms with Gasteiger partial charge in [-0.3, -0.25) is 0 Å². The molecule has 0 bridgehead atoms. The Morgan fingerprint density at radius 2 is 2.00 bits per heavy atom. The first kappa shape index (κ1) is 12.3. The van der Waals surface area contributed by atoms with Gasteiger partial charge in [0.1, 0.15) is 0 Å². The van der Waals surface area contributed by atoms with Gasteiger partial charge < -0.3 is 9.05 Å². The number of hydrogen-bond donors (Lipinski definition) is 0. The van der Waals surface area contributed by atoms with Gasteiger partial charge >= 0.3 is 6.80 Å².